The first-order valence-electron chi connectivity index (χ1n) is 10.2. The van der Waals surface area contributed by atoms with Crippen LogP contribution in [0.5, 0.6) is 0 Å². The highest BCUT2D eigenvalue weighted by Gasteiger charge is 2.26. The number of hydrogen-bond donors (Lipinski definition) is 0. The number of hydrogen-bond acceptors (Lipinski definition) is 4. The van der Waals surface area contributed by atoms with Crippen molar-refractivity contribution in [2.45, 2.75) is 57.8 Å². The molecule has 3 aliphatic heterocycles. The second kappa shape index (κ2) is 9.53. The summed E-state index contributed by atoms with van der Waals surface area (Å²) < 4.78 is 0. The van der Waals surface area contributed by atoms with Crippen molar-refractivity contribution in [1.29, 1.82) is 0 Å². The highest BCUT2D eigenvalue weighted by molar-refractivity contribution is 5.77. The maximum absolute atomic E-state index is 12.5. The lowest BCUT2D eigenvalue weighted by molar-refractivity contribution is -0.182. The number of carbonyl (C=O) groups excluding carboxylic acids is 2. The maximum atomic E-state index is 12.5. The molecule has 0 aromatic rings. The summed E-state index contributed by atoms with van der Waals surface area (Å²) in [4.78, 5) is 34.3. The molecule has 3 saturated heterocycles. The molecule has 0 aromatic heterocycles. The van der Waals surface area contributed by atoms with Gasteiger partial charge in [-0.25, -0.2) is 0 Å². The van der Waals surface area contributed by atoms with Crippen LogP contribution in [0.1, 0.15) is 57.8 Å². The van der Waals surface area contributed by atoms with Crippen LogP contribution in [0.15, 0.2) is 0 Å². The van der Waals surface area contributed by atoms with E-state index in [2.05, 4.69) is 0 Å². The molecule has 6 nitrogen and oxygen atoms in total. The summed E-state index contributed by atoms with van der Waals surface area (Å²) in [7, 11) is 0. The van der Waals surface area contributed by atoms with Crippen LogP contribution in [0.3, 0.4) is 0 Å². The first-order chi connectivity index (χ1) is 12.2. The summed E-state index contributed by atoms with van der Waals surface area (Å²) in [5.74, 6) is 1.03. The molecular formula is C19H33N3O3. The Morgan fingerprint density at radius 3 is 2.32 bits per heavy atom. The topological polar surface area (TPSA) is 53.1 Å². The van der Waals surface area contributed by atoms with Gasteiger partial charge >= 0.3 is 0 Å². The predicted molar refractivity (Wildman–Crippen MR) is 95.7 cm³/mol. The van der Waals surface area contributed by atoms with Crippen molar-refractivity contribution in [3.63, 3.8) is 0 Å². The first-order valence-corrected chi connectivity index (χ1v) is 10.2. The van der Waals surface area contributed by atoms with E-state index in [0.29, 0.717) is 31.2 Å². The molecule has 0 radical (unpaired) electrons. The Bertz CT molecular complexity index is 445. The molecule has 25 heavy (non-hydrogen) atoms. The summed E-state index contributed by atoms with van der Waals surface area (Å²) in [5.41, 5.74) is 0. The molecule has 0 aliphatic carbocycles. The fraction of sp³-hybridized carbons (Fsp3) is 0.895. The van der Waals surface area contributed by atoms with Crippen LogP contribution < -0.4 is 0 Å². The van der Waals surface area contributed by atoms with Gasteiger partial charge in [0, 0.05) is 52.1 Å². The van der Waals surface area contributed by atoms with E-state index in [-0.39, 0.29) is 5.91 Å². The molecule has 3 fully saturated rings. The highest BCUT2D eigenvalue weighted by Crippen LogP contribution is 2.23. The van der Waals surface area contributed by atoms with Gasteiger partial charge in [-0.2, -0.15) is 5.06 Å². The standard InChI is InChI=1S/C19H33N3O3/c23-18(20-10-1-2-11-20)8-7-17-6-5-12-21(16-17)19(24)9-14-22-13-3-4-15-25-22/h17H,1-16H2/t17-/m0/s1. The molecule has 142 valence electrons. The van der Waals surface area contributed by atoms with Crippen LogP contribution in [0.4, 0.5) is 0 Å². The lowest BCUT2D eigenvalue weighted by Gasteiger charge is -2.34. The van der Waals surface area contributed by atoms with Gasteiger partial charge in [0.1, 0.15) is 0 Å². The van der Waals surface area contributed by atoms with Crippen LogP contribution in [-0.2, 0) is 14.4 Å². The Kier molecular flexibility index (Phi) is 7.11. The van der Waals surface area contributed by atoms with Crippen molar-refractivity contribution in [2.75, 3.05) is 45.9 Å². The number of nitrogens with zero attached hydrogens (tertiary/aromatic N) is 3. The van der Waals surface area contributed by atoms with Crippen molar-refractivity contribution in [3.8, 4) is 0 Å². The van der Waals surface area contributed by atoms with Crippen molar-refractivity contribution in [3.05, 3.63) is 0 Å². The van der Waals surface area contributed by atoms with Crippen LogP contribution in [0.2, 0.25) is 0 Å². The van der Waals surface area contributed by atoms with E-state index in [1.807, 2.05) is 14.9 Å². The fourth-order valence-corrected chi connectivity index (χ4v) is 4.18. The largest absolute Gasteiger partial charge is 0.343 e. The van der Waals surface area contributed by atoms with Gasteiger partial charge < -0.3 is 9.80 Å². The van der Waals surface area contributed by atoms with Crippen molar-refractivity contribution >= 4 is 11.8 Å². The summed E-state index contributed by atoms with van der Waals surface area (Å²) >= 11 is 0. The van der Waals surface area contributed by atoms with E-state index in [9.17, 15) is 9.59 Å². The number of piperidine rings is 1. The third-order valence-corrected chi connectivity index (χ3v) is 5.75. The number of likely N-dealkylation sites (tertiary alicyclic amines) is 2. The third-order valence-electron chi connectivity index (χ3n) is 5.75. The molecule has 0 aromatic carbocycles. The van der Waals surface area contributed by atoms with Crippen molar-refractivity contribution in [2.24, 2.45) is 5.92 Å². The SMILES string of the molecule is O=C(CC[C@@H]1CCCN(C(=O)CCN2CCCCO2)C1)N1CCCC1. The van der Waals surface area contributed by atoms with Gasteiger partial charge in [0.25, 0.3) is 0 Å². The van der Waals surface area contributed by atoms with Crippen LogP contribution >= 0.6 is 0 Å². The van der Waals surface area contributed by atoms with Crippen molar-refractivity contribution < 1.29 is 14.4 Å². The molecule has 0 unspecified atom stereocenters. The second-order valence-electron chi connectivity index (χ2n) is 7.69. The molecule has 1 atom stereocenters. The number of carbonyl (C=O) groups is 2. The zero-order valence-electron chi connectivity index (χ0n) is 15.5. The van der Waals surface area contributed by atoms with Gasteiger partial charge in [-0.15, -0.1) is 0 Å². The molecule has 6 heteroatoms. The fourth-order valence-electron chi connectivity index (χ4n) is 4.18. The molecule has 2 amide bonds. The Labute approximate surface area is 151 Å². The number of amides is 2. The van der Waals surface area contributed by atoms with Gasteiger partial charge in [0.15, 0.2) is 0 Å². The van der Waals surface area contributed by atoms with E-state index >= 15 is 0 Å². The normalized spacial score (nSPS) is 25.4. The average Bonchev–Trinajstić information content (AvgIpc) is 3.20. The predicted octanol–water partition coefficient (Wildman–Crippen LogP) is 2.05. The van der Waals surface area contributed by atoms with Gasteiger partial charge in [-0.1, -0.05) is 0 Å². The van der Waals surface area contributed by atoms with Crippen LogP contribution in [0.25, 0.3) is 0 Å². The van der Waals surface area contributed by atoms with E-state index in [1.165, 1.54) is 0 Å². The molecule has 3 aliphatic rings. The minimum Gasteiger partial charge on any atom is -0.343 e. The van der Waals surface area contributed by atoms with E-state index in [1.54, 1.807) is 0 Å². The van der Waals surface area contributed by atoms with Gasteiger partial charge in [0.05, 0.1) is 6.61 Å². The smallest absolute Gasteiger partial charge is 0.223 e. The first kappa shape index (κ1) is 18.6. The number of hydroxylamine groups is 2. The Morgan fingerprint density at radius 2 is 1.56 bits per heavy atom. The average molecular weight is 351 g/mol. The molecule has 3 heterocycles. The summed E-state index contributed by atoms with van der Waals surface area (Å²) in [6.45, 7) is 6.00. The third kappa shape index (κ3) is 5.68. The van der Waals surface area contributed by atoms with Crippen LogP contribution in [-0.4, -0.2) is 72.6 Å². The molecule has 0 saturated carbocycles. The zero-order valence-corrected chi connectivity index (χ0v) is 15.5. The van der Waals surface area contributed by atoms with E-state index < -0.39 is 0 Å². The molecule has 3 rings (SSSR count). The summed E-state index contributed by atoms with van der Waals surface area (Å²) in [6.07, 6.45) is 8.90. The monoisotopic (exact) mass is 351 g/mol. The zero-order chi connectivity index (χ0) is 17.5. The Balaban J connectivity index is 1.36. The Morgan fingerprint density at radius 1 is 0.840 bits per heavy atom. The van der Waals surface area contributed by atoms with Gasteiger partial charge in [-0.3, -0.25) is 14.4 Å². The second-order valence-corrected chi connectivity index (χ2v) is 7.69. The minimum absolute atomic E-state index is 0.241. The molecular weight excluding hydrogens is 318 g/mol. The highest BCUT2D eigenvalue weighted by atomic mass is 16.7. The molecule has 0 bridgehead atoms. The van der Waals surface area contributed by atoms with Gasteiger partial charge in [-0.05, 0) is 50.9 Å². The molecule has 0 N–H and O–H groups in total. The van der Waals surface area contributed by atoms with E-state index in [0.717, 1.165) is 84.3 Å². The maximum Gasteiger partial charge on any atom is 0.223 e. The van der Waals surface area contributed by atoms with Crippen LogP contribution in [0, 0.1) is 5.92 Å². The van der Waals surface area contributed by atoms with Crippen molar-refractivity contribution in [1.82, 2.24) is 14.9 Å². The lowest BCUT2D eigenvalue weighted by atomic mass is 9.93. The summed E-state index contributed by atoms with van der Waals surface area (Å²) in [5, 5.41) is 1.94. The Hall–Kier alpha value is -1.14. The quantitative estimate of drug-likeness (QED) is 0.735. The minimum atomic E-state index is 0.241. The lowest BCUT2D eigenvalue weighted by Crippen LogP contribution is -2.42. The van der Waals surface area contributed by atoms with E-state index in [4.69, 9.17) is 4.84 Å². The van der Waals surface area contributed by atoms with Gasteiger partial charge in [0.2, 0.25) is 11.8 Å². The molecule has 0 spiro atoms. The number of rotatable bonds is 6. The summed E-state index contributed by atoms with van der Waals surface area (Å²) in [6, 6.07) is 0.